The van der Waals surface area contributed by atoms with Gasteiger partial charge in [-0.3, -0.25) is 9.20 Å². The van der Waals surface area contributed by atoms with Crippen LogP contribution >= 0.6 is 22.6 Å². The number of nitrogens with zero attached hydrogens (tertiary/aromatic N) is 4. The first kappa shape index (κ1) is 16.2. The van der Waals surface area contributed by atoms with Crippen LogP contribution in [-0.2, 0) is 3.93 Å². The molecule has 1 saturated heterocycles. The molecule has 0 bridgehead atoms. The second-order valence-electron chi connectivity index (χ2n) is 6.81. The maximum absolute atomic E-state index is 14.0. The first-order valence-corrected chi connectivity index (χ1v) is 9.26. The number of carbonyl (C=O) groups excluding carboxylic acids is 1. The minimum Gasteiger partial charge on any atom is -0.443 e. The summed E-state index contributed by atoms with van der Waals surface area (Å²) in [7, 11) is 0. The van der Waals surface area contributed by atoms with Crippen molar-refractivity contribution in [2.45, 2.75) is 10.4 Å². The summed E-state index contributed by atoms with van der Waals surface area (Å²) < 4.78 is 31.6. The van der Waals surface area contributed by atoms with Gasteiger partial charge in [0.1, 0.15) is 11.3 Å². The number of alkyl halides is 3. The van der Waals surface area contributed by atoms with Crippen LogP contribution in [0.15, 0.2) is 35.5 Å². The number of hydrogen-bond acceptors (Lipinski definition) is 4. The van der Waals surface area contributed by atoms with Crippen molar-refractivity contribution in [3.63, 3.8) is 0 Å². The van der Waals surface area contributed by atoms with Crippen LogP contribution in [0.25, 0.3) is 17.0 Å². The lowest BCUT2D eigenvalue weighted by atomic mass is 10.1. The zero-order valence-corrected chi connectivity index (χ0v) is 15.6. The minimum atomic E-state index is -3.10. The van der Waals surface area contributed by atoms with Gasteiger partial charge in [0.2, 0.25) is 0 Å². The summed E-state index contributed by atoms with van der Waals surface area (Å²) in [6, 6.07) is 1.33. The van der Waals surface area contributed by atoms with Crippen molar-refractivity contribution in [2.75, 3.05) is 13.1 Å². The summed E-state index contributed by atoms with van der Waals surface area (Å²) in [5.41, 5.74) is 0.816. The first-order valence-electron chi connectivity index (χ1n) is 8.18. The molecule has 1 aliphatic carbocycles. The van der Waals surface area contributed by atoms with Crippen LogP contribution in [-0.4, -0.2) is 38.3 Å². The Kier molecular flexibility index (Phi) is 3.40. The topological polar surface area (TPSA) is 63.6 Å². The van der Waals surface area contributed by atoms with E-state index in [1.165, 1.54) is 41.9 Å². The number of carbonyl (C=O) groups is 1. The third-order valence-electron chi connectivity index (χ3n) is 5.12. The quantitative estimate of drug-likeness (QED) is 0.434. The Hall–Kier alpha value is -2.04. The Morgan fingerprint density at radius 2 is 2.08 bits per heavy atom. The third kappa shape index (κ3) is 2.51. The van der Waals surface area contributed by atoms with E-state index in [4.69, 9.17) is 4.42 Å². The minimum absolute atomic E-state index is 0.179. The highest BCUT2D eigenvalue weighted by Crippen LogP contribution is 2.45. The van der Waals surface area contributed by atoms with E-state index in [2.05, 4.69) is 9.97 Å². The van der Waals surface area contributed by atoms with Crippen molar-refractivity contribution in [3.05, 3.63) is 42.3 Å². The molecule has 3 aromatic rings. The van der Waals surface area contributed by atoms with Crippen molar-refractivity contribution >= 4 is 34.1 Å². The predicted octanol–water partition coefficient (Wildman–Crippen LogP) is 3.57. The highest BCUT2D eigenvalue weighted by atomic mass is 127. The standard InChI is InChI=1S/C17H13F2IN4O2/c18-17(19,20)11-2-12(14-4-21-8-26-14)15-22-3-13(24(15)7-11)16(25)23-5-9-1-10(9)6-23/h2-4,7-10H,1,5-6H2. The number of rotatable bonds is 3. The number of fused-ring (bicyclic) bond motifs is 2. The number of piperidine rings is 1. The van der Waals surface area contributed by atoms with E-state index in [9.17, 15) is 13.6 Å². The first-order chi connectivity index (χ1) is 12.4. The van der Waals surface area contributed by atoms with Gasteiger partial charge >= 0.3 is 3.93 Å². The molecule has 0 radical (unpaired) electrons. The molecule has 2 atom stereocenters. The fraction of sp³-hybridized carbons (Fsp3) is 0.353. The van der Waals surface area contributed by atoms with Crippen molar-refractivity contribution in [1.82, 2.24) is 19.3 Å². The fourth-order valence-corrected chi connectivity index (χ4v) is 3.95. The number of pyridine rings is 1. The molecule has 1 amide bonds. The van der Waals surface area contributed by atoms with E-state index < -0.39 is 3.93 Å². The maximum atomic E-state index is 14.0. The number of oxazole rings is 1. The highest BCUT2D eigenvalue weighted by Gasteiger charge is 2.47. The normalized spacial score (nSPS) is 22.0. The summed E-state index contributed by atoms with van der Waals surface area (Å²) in [4.78, 5) is 22.8. The molecule has 5 rings (SSSR count). The van der Waals surface area contributed by atoms with Crippen LogP contribution in [0.3, 0.4) is 0 Å². The average molecular weight is 470 g/mol. The molecule has 0 spiro atoms. The van der Waals surface area contributed by atoms with E-state index in [1.54, 1.807) is 4.90 Å². The van der Waals surface area contributed by atoms with Crippen LogP contribution in [0, 0.1) is 11.8 Å². The van der Waals surface area contributed by atoms with E-state index >= 15 is 0 Å². The third-order valence-corrected chi connectivity index (χ3v) is 5.74. The molecule has 0 N–H and O–H groups in total. The Morgan fingerprint density at radius 1 is 1.31 bits per heavy atom. The molecule has 4 heterocycles. The van der Waals surface area contributed by atoms with E-state index in [1.807, 2.05) is 0 Å². The lowest BCUT2D eigenvalue weighted by Crippen LogP contribution is -2.31. The Labute approximate surface area is 160 Å². The molecule has 0 aromatic carbocycles. The molecule has 26 heavy (non-hydrogen) atoms. The van der Waals surface area contributed by atoms with Gasteiger partial charge < -0.3 is 9.32 Å². The summed E-state index contributed by atoms with van der Waals surface area (Å²) in [5.74, 6) is 1.33. The molecular weight excluding hydrogens is 457 g/mol. The number of likely N-dealkylation sites (tertiary alicyclic amines) is 1. The van der Waals surface area contributed by atoms with Crippen LogP contribution in [0.2, 0.25) is 0 Å². The predicted molar refractivity (Wildman–Crippen MR) is 96.1 cm³/mol. The molecule has 2 aliphatic rings. The van der Waals surface area contributed by atoms with E-state index in [-0.39, 0.29) is 17.2 Å². The zero-order chi connectivity index (χ0) is 18.1. The molecule has 3 aromatic heterocycles. The molecule has 2 unspecified atom stereocenters. The van der Waals surface area contributed by atoms with E-state index in [0.29, 0.717) is 28.8 Å². The van der Waals surface area contributed by atoms with Crippen LogP contribution < -0.4 is 0 Å². The molecule has 2 fully saturated rings. The summed E-state index contributed by atoms with van der Waals surface area (Å²) in [6.45, 7) is 1.46. The van der Waals surface area contributed by atoms with Gasteiger partial charge in [0.05, 0.1) is 18.0 Å². The molecule has 1 saturated carbocycles. The molecule has 134 valence electrons. The summed E-state index contributed by atoms with van der Waals surface area (Å²) >= 11 is 1.07. The summed E-state index contributed by atoms with van der Waals surface area (Å²) in [5, 5.41) is 0. The lowest BCUT2D eigenvalue weighted by Gasteiger charge is -2.18. The SMILES string of the molecule is O=C(c1cnc2c(-c3cnco3)cc(C(F)(F)I)cn12)N1CC2CC2C1. The molecule has 9 heteroatoms. The van der Waals surface area contributed by atoms with Gasteiger partial charge in [-0.15, -0.1) is 0 Å². The molecular formula is C17H13F2IN4O2. The second-order valence-corrected chi connectivity index (χ2v) is 8.16. The molecule has 6 nitrogen and oxygen atoms in total. The van der Waals surface area contributed by atoms with Crippen molar-refractivity contribution in [3.8, 4) is 11.3 Å². The number of amides is 1. The van der Waals surface area contributed by atoms with Gasteiger partial charge in [-0.25, -0.2) is 9.97 Å². The monoisotopic (exact) mass is 470 g/mol. The van der Waals surface area contributed by atoms with Gasteiger partial charge in [-0.1, -0.05) is 0 Å². The van der Waals surface area contributed by atoms with Crippen LogP contribution in [0.1, 0.15) is 22.5 Å². The van der Waals surface area contributed by atoms with Crippen LogP contribution in [0.5, 0.6) is 0 Å². The maximum Gasteiger partial charge on any atom is 0.323 e. The summed E-state index contributed by atoms with van der Waals surface area (Å²) in [6.07, 6.45) is 6.56. The van der Waals surface area contributed by atoms with Crippen molar-refractivity contribution in [1.29, 1.82) is 0 Å². The number of aromatic nitrogens is 3. The Morgan fingerprint density at radius 3 is 2.73 bits per heavy atom. The second kappa shape index (κ2) is 5.48. The van der Waals surface area contributed by atoms with Crippen molar-refractivity contribution < 1.29 is 18.0 Å². The fourth-order valence-electron chi connectivity index (χ4n) is 3.66. The number of imidazole rings is 1. The van der Waals surface area contributed by atoms with Gasteiger partial charge in [0.25, 0.3) is 5.91 Å². The number of halogens is 3. The average Bonchev–Trinajstić information content (AvgIpc) is 3.09. The van der Waals surface area contributed by atoms with Gasteiger partial charge in [0, 0.05) is 47.4 Å². The van der Waals surface area contributed by atoms with Gasteiger partial charge in [-0.2, -0.15) is 8.78 Å². The number of hydrogen-bond donors (Lipinski definition) is 0. The largest absolute Gasteiger partial charge is 0.443 e. The lowest BCUT2D eigenvalue weighted by molar-refractivity contribution is 0.0768. The Bertz CT molecular complexity index is 1000. The van der Waals surface area contributed by atoms with Crippen molar-refractivity contribution in [2.24, 2.45) is 11.8 Å². The van der Waals surface area contributed by atoms with Gasteiger partial charge in [0.15, 0.2) is 12.2 Å². The molecule has 1 aliphatic heterocycles. The highest BCUT2D eigenvalue weighted by molar-refractivity contribution is 14.1. The zero-order valence-electron chi connectivity index (χ0n) is 13.4. The van der Waals surface area contributed by atoms with Crippen LogP contribution in [0.4, 0.5) is 8.78 Å². The Balaban J connectivity index is 1.66. The van der Waals surface area contributed by atoms with E-state index in [0.717, 1.165) is 35.7 Å². The van der Waals surface area contributed by atoms with Gasteiger partial charge in [-0.05, 0) is 24.3 Å². The smallest absolute Gasteiger partial charge is 0.323 e.